The molecule has 0 unspecified atom stereocenters. The van der Waals surface area contributed by atoms with E-state index < -0.39 is 0 Å². The lowest BCUT2D eigenvalue weighted by Gasteiger charge is -2.05. The topological polar surface area (TPSA) is 85.1 Å². The molecule has 1 aromatic carbocycles. The van der Waals surface area contributed by atoms with E-state index in [2.05, 4.69) is 25.2 Å². The SMILES string of the molecule is [C-]#[N+]c1ccc(-c2ccc(Oc3nn[nH]c3C(C)=O)cn2)cc1. The zero-order chi connectivity index (χ0) is 16.2. The molecule has 3 aromatic rings. The van der Waals surface area contributed by atoms with Crippen LogP contribution >= 0.6 is 0 Å². The first-order chi connectivity index (χ1) is 11.2. The van der Waals surface area contributed by atoms with Crippen LogP contribution in [-0.2, 0) is 0 Å². The van der Waals surface area contributed by atoms with Gasteiger partial charge in [-0.1, -0.05) is 34.6 Å². The molecule has 0 fully saturated rings. The van der Waals surface area contributed by atoms with E-state index in [0.29, 0.717) is 11.4 Å². The number of nitrogens with one attached hydrogen (secondary N) is 1. The molecule has 0 atom stereocenters. The quantitative estimate of drug-likeness (QED) is 0.589. The summed E-state index contributed by atoms with van der Waals surface area (Å²) in [7, 11) is 0. The second-order valence-electron chi connectivity index (χ2n) is 4.69. The third-order valence-electron chi connectivity index (χ3n) is 3.11. The first-order valence-electron chi connectivity index (χ1n) is 6.71. The molecule has 0 radical (unpaired) electrons. The van der Waals surface area contributed by atoms with E-state index in [9.17, 15) is 4.79 Å². The summed E-state index contributed by atoms with van der Waals surface area (Å²) in [5.74, 6) is 0.353. The van der Waals surface area contributed by atoms with Gasteiger partial charge in [-0.15, -0.1) is 0 Å². The Labute approximate surface area is 131 Å². The van der Waals surface area contributed by atoms with Crippen LogP contribution in [-0.4, -0.2) is 26.2 Å². The van der Waals surface area contributed by atoms with Gasteiger partial charge in [-0.3, -0.25) is 14.9 Å². The van der Waals surface area contributed by atoms with Gasteiger partial charge in [0.1, 0.15) is 5.75 Å². The summed E-state index contributed by atoms with van der Waals surface area (Å²) in [4.78, 5) is 19.0. The Balaban J connectivity index is 1.80. The standard InChI is InChI=1S/C16H11N5O2/c1-10(22)15-16(20-21-19-15)23-13-7-8-14(18-9-13)11-3-5-12(17-2)6-4-11/h3-9H,1H3,(H,19,20,21). The van der Waals surface area contributed by atoms with Crippen molar-refractivity contribution >= 4 is 11.5 Å². The van der Waals surface area contributed by atoms with Gasteiger partial charge in [-0.05, 0) is 17.7 Å². The van der Waals surface area contributed by atoms with Crippen molar-refractivity contribution in [2.75, 3.05) is 0 Å². The van der Waals surface area contributed by atoms with Crippen LogP contribution in [0.2, 0.25) is 0 Å². The fourth-order valence-corrected chi connectivity index (χ4v) is 1.95. The summed E-state index contributed by atoms with van der Waals surface area (Å²) in [5.41, 5.74) is 2.44. The van der Waals surface area contributed by atoms with Gasteiger partial charge in [0.25, 0.3) is 5.88 Å². The summed E-state index contributed by atoms with van der Waals surface area (Å²) in [6, 6.07) is 10.7. The third kappa shape index (κ3) is 3.06. The summed E-state index contributed by atoms with van der Waals surface area (Å²) < 4.78 is 5.51. The number of benzene rings is 1. The molecule has 1 N–H and O–H groups in total. The lowest BCUT2D eigenvalue weighted by atomic mass is 10.1. The third-order valence-corrected chi connectivity index (χ3v) is 3.11. The van der Waals surface area contributed by atoms with E-state index in [-0.39, 0.29) is 17.4 Å². The van der Waals surface area contributed by atoms with Gasteiger partial charge in [0.05, 0.1) is 18.5 Å². The minimum atomic E-state index is -0.213. The van der Waals surface area contributed by atoms with Crippen LogP contribution in [0.15, 0.2) is 42.6 Å². The van der Waals surface area contributed by atoms with Crippen molar-refractivity contribution in [1.29, 1.82) is 0 Å². The molecule has 3 rings (SSSR count). The molecule has 23 heavy (non-hydrogen) atoms. The fourth-order valence-electron chi connectivity index (χ4n) is 1.95. The largest absolute Gasteiger partial charge is 0.434 e. The molecular weight excluding hydrogens is 294 g/mol. The molecule has 7 nitrogen and oxygen atoms in total. The highest BCUT2D eigenvalue weighted by Gasteiger charge is 2.14. The van der Waals surface area contributed by atoms with Crippen molar-refractivity contribution < 1.29 is 9.53 Å². The zero-order valence-electron chi connectivity index (χ0n) is 12.1. The maximum absolute atomic E-state index is 11.4. The van der Waals surface area contributed by atoms with E-state index >= 15 is 0 Å². The van der Waals surface area contributed by atoms with Crippen LogP contribution in [0, 0.1) is 6.57 Å². The molecule has 0 aliphatic rings. The van der Waals surface area contributed by atoms with Gasteiger partial charge in [0, 0.05) is 6.92 Å². The monoisotopic (exact) mass is 305 g/mol. The smallest absolute Gasteiger partial charge is 0.269 e. The van der Waals surface area contributed by atoms with Crippen molar-refractivity contribution in [2.45, 2.75) is 6.92 Å². The van der Waals surface area contributed by atoms with Crippen LogP contribution in [0.5, 0.6) is 11.6 Å². The second kappa shape index (κ2) is 6.07. The predicted molar refractivity (Wildman–Crippen MR) is 82.4 cm³/mol. The summed E-state index contributed by atoms with van der Waals surface area (Å²) in [6.07, 6.45) is 1.54. The van der Waals surface area contributed by atoms with Crippen molar-refractivity contribution in [1.82, 2.24) is 20.4 Å². The molecule has 0 aliphatic heterocycles. The number of rotatable bonds is 4. The second-order valence-corrected chi connectivity index (χ2v) is 4.69. The molecule has 0 bridgehead atoms. The number of H-pyrrole nitrogens is 1. The number of carbonyl (C=O) groups is 1. The number of nitrogens with zero attached hydrogens (tertiary/aromatic N) is 4. The Hall–Kier alpha value is -3.53. The van der Waals surface area contributed by atoms with Gasteiger partial charge in [-0.25, -0.2) is 4.85 Å². The van der Waals surface area contributed by atoms with E-state index in [0.717, 1.165) is 11.3 Å². The van der Waals surface area contributed by atoms with E-state index in [1.165, 1.54) is 13.1 Å². The van der Waals surface area contributed by atoms with E-state index in [1.807, 2.05) is 12.1 Å². The lowest BCUT2D eigenvalue weighted by Crippen LogP contribution is -1.96. The van der Waals surface area contributed by atoms with E-state index in [4.69, 9.17) is 11.3 Å². The Bertz CT molecular complexity index is 876. The number of pyridine rings is 1. The number of aromatic amines is 1. The number of carbonyl (C=O) groups excluding carboxylic acids is 1. The molecule has 7 heteroatoms. The normalized spacial score (nSPS) is 10.1. The lowest BCUT2D eigenvalue weighted by molar-refractivity contribution is 0.101. The minimum absolute atomic E-state index is 0.119. The molecule has 112 valence electrons. The van der Waals surface area contributed by atoms with Gasteiger partial charge >= 0.3 is 0 Å². The van der Waals surface area contributed by atoms with Gasteiger partial charge in [0.2, 0.25) is 0 Å². The van der Waals surface area contributed by atoms with Crippen LogP contribution in [0.4, 0.5) is 5.69 Å². The summed E-state index contributed by atoms with van der Waals surface area (Å²) in [6.45, 7) is 8.34. The molecule has 2 heterocycles. The van der Waals surface area contributed by atoms with Crippen LogP contribution in [0.3, 0.4) is 0 Å². The van der Waals surface area contributed by atoms with Crippen molar-refractivity contribution in [3.63, 3.8) is 0 Å². The number of ether oxygens (including phenoxy) is 1. The molecule has 0 saturated heterocycles. The molecule has 0 saturated carbocycles. The number of aromatic nitrogens is 4. The Morgan fingerprint density at radius 3 is 2.61 bits per heavy atom. The molecular formula is C16H11N5O2. The van der Waals surface area contributed by atoms with Crippen LogP contribution in [0.25, 0.3) is 16.1 Å². The summed E-state index contributed by atoms with van der Waals surface area (Å²) >= 11 is 0. The predicted octanol–water partition coefficient (Wildman–Crippen LogP) is 3.41. The average Bonchev–Trinajstić information content (AvgIpc) is 3.04. The van der Waals surface area contributed by atoms with Crippen LogP contribution in [0.1, 0.15) is 17.4 Å². The molecule has 0 spiro atoms. The zero-order valence-corrected chi connectivity index (χ0v) is 12.1. The maximum atomic E-state index is 11.4. The van der Waals surface area contributed by atoms with Crippen molar-refractivity contribution in [3.8, 4) is 22.9 Å². The van der Waals surface area contributed by atoms with E-state index in [1.54, 1.807) is 24.3 Å². The fraction of sp³-hybridized carbons (Fsp3) is 0.0625. The van der Waals surface area contributed by atoms with Crippen molar-refractivity contribution in [3.05, 3.63) is 59.7 Å². The highest BCUT2D eigenvalue weighted by molar-refractivity contribution is 5.94. The molecule has 0 aliphatic carbocycles. The highest BCUT2D eigenvalue weighted by atomic mass is 16.5. The average molecular weight is 305 g/mol. The number of ketones is 1. The summed E-state index contributed by atoms with van der Waals surface area (Å²) in [5, 5.41) is 9.78. The number of hydrogen-bond acceptors (Lipinski definition) is 5. The highest BCUT2D eigenvalue weighted by Crippen LogP contribution is 2.25. The van der Waals surface area contributed by atoms with Gasteiger partial charge in [0.15, 0.2) is 17.2 Å². The first kappa shape index (κ1) is 14.4. The Morgan fingerprint density at radius 1 is 1.22 bits per heavy atom. The van der Waals surface area contributed by atoms with Crippen LogP contribution < -0.4 is 4.74 Å². The minimum Gasteiger partial charge on any atom is -0.434 e. The van der Waals surface area contributed by atoms with Gasteiger partial charge in [-0.2, -0.15) is 0 Å². The Morgan fingerprint density at radius 2 is 2.00 bits per heavy atom. The number of Topliss-reactive ketones (excluding diaryl/α,β-unsaturated/α-hetero) is 1. The first-order valence-corrected chi connectivity index (χ1v) is 6.71. The molecule has 2 aromatic heterocycles. The Kier molecular flexibility index (Phi) is 3.80. The van der Waals surface area contributed by atoms with Crippen molar-refractivity contribution in [2.24, 2.45) is 0 Å². The number of hydrogen-bond donors (Lipinski definition) is 1. The van der Waals surface area contributed by atoms with Gasteiger partial charge < -0.3 is 4.74 Å². The maximum Gasteiger partial charge on any atom is 0.269 e. The molecule has 0 amide bonds.